The summed E-state index contributed by atoms with van der Waals surface area (Å²) in [5.41, 5.74) is 7.04. The molecular weight excluding hydrogens is 261 g/mol. The molecule has 0 fully saturated rings. The number of nitrogens with two attached hydrogens (primary N) is 1. The molecule has 0 bridgehead atoms. The molecule has 0 aliphatic rings. The summed E-state index contributed by atoms with van der Waals surface area (Å²) in [6.45, 7) is 0.811. The van der Waals surface area contributed by atoms with Crippen LogP contribution < -0.4 is 5.73 Å². The van der Waals surface area contributed by atoms with E-state index in [0.717, 1.165) is 18.5 Å². The van der Waals surface area contributed by atoms with Crippen LogP contribution >= 0.6 is 11.8 Å². The van der Waals surface area contributed by atoms with Crippen molar-refractivity contribution in [1.82, 2.24) is 9.55 Å². The summed E-state index contributed by atoms with van der Waals surface area (Å²) >= 11 is 1.89. The SMILES string of the molecule is CSCCCCCCn1c(N)nc2c(F)cccc21. The Balaban J connectivity index is 1.97. The van der Waals surface area contributed by atoms with Crippen molar-refractivity contribution in [1.29, 1.82) is 0 Å². The molecule has 0 amide bonds. The minimum absolute atomic E-state index is 0.303. The summed E-state index contributed by atoms with van der Waals surface area (Å²) in [6, 6.07) is 4.99. The summed E-state index contributed by atoms with van der Waals surface area (Å²) in [5, 5.41) is 0. The average Bonchev–Trinajstić information content (AvgIpc) is 2.72. The number of unbranched alkanes of at least 4 members (excludes halogenated alkanes) is 3. The third-order valence-electron chi connectivity index (χ3n) is 3.24. The highest BCUT2D eigenvalue weighted by Crippen LogP contribution is 2.21. The van der Waals surface area contributed by atoms with E-state index in [9.17, 15) is 4.39 Å². The van der Waals surface area contributed by atoms with Crippen molar-refractivity contribution in [2.75, 3.05) is 17.7 Å². The molecule has 2 aromatic rings. The van der Waals surface area contributed by atoms with Crippen molar-refractivity contribution in [2.45, 2.75) is 32.2 Å². The molecule has 1 aromatic carbocycles. The highest BCUT2D eigenvalue weighted by molar-refractivity contribution is 7.98. The zero-order chi connectivity index (χ0) is 13.7. The van der Waals surface area contributed by atoms with E-state index in [1.165, 1.54) is 31.1 Å². The molecule has 5 heteroatoms. The van der Waals surface area contributed by atoms with Gasteiger partial charge in [0.2, 0.25) is 5.95 Å². The van der Waals surface area contributed by atoms with E-state index < -0.39 is 0 Å². The Bertz CT molecular complexity index is 539. The average molecular weight is 281 g/mol. The first kappa shape index (κ1) is 14.2. The second kappa shape index (κ2) is 6.80. The van der Waals surface area contributed by atoms with E-state index >= 15 is 0 Å². The number of nitrogens with zero attached hydrogens (tertiary/aromatic N) is 2. The monoisotopic (exact) mass is 281 g/mol. The molecule has 0 saturated carbocycles. The van der Waals surface area contributed by atoms with E-state index in [1.807, 2.05) is 22.4 Å². The van der Waals surface area contributed by atoms with E-state index in [4.69, 9.17) is 5.73 Å². The Morgan fingerprint density at radius 2 is 2.05 bits per heavy atom. The van der Waals surface area contributed by atoms with Crippen LogP contribution in [-0.2, 0) is 6.54 Å². The second-order valence-corrected chi connectivity index (χ2v) is 5.62. The largest absolute Gasteiger partial charge is 0.369 e. The maximum Gasteiger partial charge on any atom is 0.201 e. The van der Waals surface area contributed by atoms with Crippen molar-refractivity contribution in [3.8, 4) is 0 Å². The van der Waals surface area contributed by atoms with Gasteiger partial charge in [0.15, 0.2) is 5.82 Å². The van der Waals surface area contributed by atoms with Gasteiger partial charge in [0.25, 0.3) is 0 Å². The van der Waals surface area contributed by atoms with Crippen molar-refractivity contribution < 1.29 is 4.39 Å². The standard InChI is InChI=1S/C14H20FN3S/c1-19-10-5-3-2-4-9-18-12-8-6-7-11(15)13(12)17-14(18)16/h6-8H,2-5,9-10H2,1H3,(H2,16,17). The Kier molecular flexibility index (Phi) is 5.07. The van der Waals surface area contributed by atoms with E-state index in [1.54, 1.807) is 6.07 Å². The number of thioether (sulfide) groups is 1. The number of aryl methyl sites for hydroxylation is 1. The lowest BCUT2D eigenvalue weighted by Crippen LogP contribution is -2.03. The van der Waals surface area contributed by atoms with Crippen molar-refractivity contribution >= 4 is 28.7 Å². The van der Waals surface area contributed by atoms with Crippen LogP contribution in [0.5, 0.6) is 0 Å². The fraction of sp³-hybridized carbons (Fsp3) is 0.500. The van der Waals surface area contributed by atoms with Gasteiger partial charge in [-0.3, -0.25) is 0 Å². The molecule has 0 spiro atoms. The number of benzene rings is 1. The number of hydrogen-bond donors (Lipinski definition) is 1. The van der Waals surface area contributed by atoms with Crippen molar-refractivity contribution in [3.63, 3.8) is 0 Å². The Morgan fingerprint density at radius 1 is 1.26 bits per heavy atom. The number of nitrogen functional groups attached to an aromatic ring is 1. The molecule has 1 aromatic heterocycles. The molecule has 0 atom stereocenters. The summed E-state index contributed by atoms with van der Waals surface area (Å²) in [4.78, 5) is 4.10. The molecule has 0 unspecified atom stereocenters. The third kappa shape index (κ3) is 3.41. The molecule has 0 aliphatic carbocycles. The van der Waals surface area contributed by atoms with E-state index in [2.05, 4.69) is 11.2 Å². The van der Waals surface area contributed by atoms with Crippen molar-refractivity contribution in [3.05, 3.63) is 24.0 Å². The van der Waals surface area contributed by atoms with Crippen LogP contribution in [0.3, 0.4) is 0 Å². The highest BCUT2D eigenvalue weighted by atomic mass is 32.2. The molecule has 2 N–H and O–H groups in total. The smallest absolute Gasteiger partial charge is 0.201 e. The quantitative estimate of drug-likeness (QED) is 0.787. The Morgan fingerprint density at radius 3 is 2.84 bits per heavy atom. The number of imidazole rings is 1. The van der Waals surface area contributed by atoms with Crippen molar-refractivity contribution in [2.24, 2.45) is 0 Å². The molecular formula is C14H20FN3S. The summed E-state index contributed by atoms with van der Waals surface area (Å²) in [6.07, 6.45) is 6.86. The minimum atomic E-state index is -0.303. The first-order valence-electron chi connectivity index (χ1n) is 6.63. The highest BCUT2D eigenvalue weighted by Gasteiger charge is 2.10. The second-order valence-electron chi connectivity index (χ2n) is 4.64. The number of halogens is 1. The minimum Gasteiger partial charge on any atom is -0.369 e. The predicted molar refractivity (Wildman–Crippen MR) is 81.0 cm³/mol. The molecule has 2 rings (SSSR count). The van der Waals surface area contributed by atoms with Gasteiger partial charge in [0, 0.05) is 6.54 Å². The fourth-order valence-electron chi connectivity index (χ4n) is 2.24. The zero-order valence-corrected chi connectivity index (χ0v) is 12.0. The number of hydrogen-bond acceptors (Lipinski definition) is 3. The Labute approximate surface area is 117 Å². The van der Waals surface area contributed by atoms with Crippen LogP contribution in [0.25, 0.3) is 11.0 Å². The maximum absolute atomic E-state index is 13.6. The topological polar surface area (TPSA) is 43.8 Å². The first-order chi connectivity index (χ1) is 9.24. The van der Waals surface area contributed by atoms with Crippen LogP contribution in [-0.4, -0.2) is 21.6 Å². The van der Waals surface area contributed by atoms with Crippen LogP contribution in [0.2, 0.25) is 0 Å². The first-order valence-corrected chi connectivity index (χ1v) is 8.02. The Hall–Kier alpha value is -1.23. The molecule has 19 heavy (non-hydrogen) atoms. The number of para-hydroxylation sites is 1. The van der Waals surface area contributed by atoms with E-state index in [0.29, 0.717) is 11.5 Å². The third-order valence-corrected chi connectivity index (χ3v) is 3.94. The summed E-state index contributed by atoms with van der Waals surface area (Å²) < 4.78 is 15.5. The lowest BCUT2D eigenvalue weighted by molar-refractivity contribution is 0.597. The van der Waals surface area contributed by atoms with Gasteiger partial charge in [-0.15, -0.1) is 0 Å². The van der Waals surface area contributed by atoms with E-state index in [-0.39, 0.29) is 5.82 Å². The van der Waals surface area contributed by atoms with Gasteiger partial charge < -0.3 is 10.3 Å². The predicted octanol–water partition coefficient (Wildman–Crippen LogP) is 3.68. The van der Waals surface area contributed by atoms with Gasteiger partial charge in [-0.05, 0) is 37.0 Å². The van der Waals surface area contributed by atoms with Gasteiger partial charge >= 0.3 is 0 Å². The van der Waals surface area contributed by atoms with Gasteiger partial charge in [-0.2, -0.15) is 11.8 Å². The summed E-state index contributed by atoms with van der Waals surface area (Å²) in [5.74, 6) is 1.33. The van der Waals surface area contributed by atoms with Gasteiger partial charge in [0.05, 0.1) is 5.52 Å². The zero-order valence-electron chi connectivity index (χ0n) is 11.2. The number of aromatic nitrogens is 2. The van der Waals surface area contributed by atoms with Crippen LogP contribution in [0.4, 0.5) is 10.3 Å². The number of fused-ring (bicyclic) bond motifs is 1. The fourth-order valence-corrected chi connectivity index (χ4v) is 2.73. The molecule has 104 valence electrons. The molecule has 0 radical (unpaired) electrons. The molecule has 1 heterocycles. The molecule has 3 nitrogen and oxygen atoms in total. The lowest BCUT2D eigenvalue weighted by atomic mass is 10.2. The number of rotatable bonds is 7. The van der Waals surface area contributed by atoms with Crippen LogP contribution in [0, 0.1) is 5.82 Å². The normalized spacial score (nSPS) is 11.3. The lowest BCUT2D eigenvalue weighted by Gasteiger charge is -2.06. The maximum atomic E-state index is 13.6. The molecule has 0 saturated heterocycles. The molecule has 0 aliphatic heterocycles. The van der Waals surface area contributed by atoms with Gasteiger partial charge in [-0.25, -0.2) is 9.37 Å². The van der Waals surface area contributed by atoms with Gasteiger partial charge in [0.1, 0.15) is 5.52 Å². The van der Waals surface area contributed by atoms with Gasteiger partial charge in [-0.1, -0.05) is 18.9 Å². The van der Waals surface area contributed by atoms with Crippen LogP contribution in [0.1, 0.15) is 25.7 Å². The summed E-state index contributed by atoms with van der Waals surface area (Å²) in [7, 11) is 0. The van der Waals surface area contributed by atoms with Crippen LogP contribution in [0.15, 0.2) is 18.2 Å². The number of anilines is 1.